The smallest absolute Gasteiger partial charge is 0.326 e. The lowest BCUT2D eigenvalue weighted by Crippen LogP contribution is -2.28. The van der Waals surface area contributed by atoms with Crippen molar-refractivity contribution in [3.8, 4) is 5.75 Å². The van der Waals surface area contributed by atoms with Gasteiger partial charge in [0, 0.05) is 24.2 Å². The second-order valence-electron chi connectivity index (χ2n) is 4.11. The topological polar surface area (TPSA) is 43.3 Å². The zero-order valence-corrected chi connectivity index (χ0v) is 10.7. The number of nitrogens with zero attached hydrogens (tertiary/aromatic N) is 1. The third-order valence-electron chi connectivity index (χ3n) is 2.84. The highest BCUT2D eigenvalue weighted by molar-refractivity contribution is 5.91. The number of aromatic nitrogens is 1. The molecule has 4 heteroatoms. The highest BCUT2D eigenvalue weighted by atomic mass is 16.5. The highest BCUT2D eigenvalue weighted by Gasteiger charge is 2.08. The van der Waals surface area contributed by atoms with Crippen LogP contribution >= 0.6 is 0 Å². The molecule has 1 amide bonds. The zero-order valence-electron chi connectivity index (χ0n) is 10.7. The van der Waals surface area contributed by atoms with E-state index in [-0.39, 0.29) is 6.03 Å². The molecule has 0 spiro atoms. The monoisotopic (exact) mass is 245 g/mol. The lowest BCUT2D eigenvalue weighted by atomic mass is 10.2. The van der Waals surface area contributed by atoms with Crippen LogP contribution in [0.2, 0.25) is 0 Å². The van der Waals surface area contributed by atoms with Crippen LogP contribution in [0, 0.1) is 6.07 Å². The SMILES string of the molecule is CCCCNC(=O)n1c[c]c2cc(OC)ccc21. The number of ether oxygens (including phenoxy) is 1. The lowest BCUT2D eigenvalue weighted by Gasteiger charge is -2.06. The van der Waals surface area contributed by atoms with Crippen molar-refractivity contribution in [1.82, 2.24) is 9.88 Å². The molecule has 0 saturated heterocycles. The van der Waals surface area contributed by atoms with E-state index in [1.807, 2.05) is 18.2 Å². The van der Waals surface area contributed by atoms with Gasteiger partial charge in [-0.2, -0.15) is 0 Å². The van der Waals surface area contributed by atoms with Gasteiger partial charge in [0.05, 0.1) is 12.6 Å². The predicted molar refractivity (Wildman–Crippen MR) is 71.0 cm³/mol. The van der Waals surface area contributed by atoms with E-state index < -0.39 is 0 Å². The molecule has 0 unspecified atom stereocenters. The third kappa shape index (κ3) is 2.47. The van der Waals surface area contributed by atoms with Gasteiger partial charge in [0.15, 0.2) is 0 Å². The van der Waals surface area contributed by atoms with E-state index in [1.165, 1.54) is 0 Å². The van der Waals surface area contributed by atoms with Crippen LogP contribution in [0.5, 0.6) is 5.75 Å². The molecule has 0 aliphatic rings. The Kier molecular flexibility index (Phi) is 3.87. The van der Waals surface area contributed by atoms with Gasteiger partial charge >= 0.3 is 6.03 Å². The minimum absolute atomic E-state index is 0.111. The fourth-order valence-corrected chi connectivity index (χ4v) is 1.80. The molecular weight excluding hydrogens is 228 g/mol. The number of nitrogens with one attached hydrogen (secondary N) is 1. The number of fused-ring (bicyclic) bond motifs is 1. The fraction of sp³-hybridized carbons (Fsp3) is 0.357. The average molecular weight is 245 g/mol. The molecule has 1 aromatic heterocycles. The Morgan fingerprint density at radius 2 is 2.33 bits per heavy atom. The highest BCUT2D eigenvalue weighted by Crippen LogP contribution is 2.21. The number of rotatable bonds is 4. The number of carbonyl (C=O) groups excluding carboxylic acids is 1. The standard InChI is InChI=1S/C14H17N2O2/c1-3-4-8-15-14(17)16-9-7-11-10-12(18-2)5-6-13(11)16/h5-6,9-10H,3-4,8H2,1-2H3,(H,15,17). The Bertz CT molecular complexity index is 546. The van der Waals surface area contributed by atoms with Crippen molar-refractivity contribution in [2.24, 2.45) is 0 Å². The molecular formula is C14H17N2O2. The van der Waals surface area contributed by atoms with E-state index >= 15 is 0 Å². The summed E-state index contributed by atoms with van der Waals surface area (Å²) in [7, 11) is 1.62. The maximum atomic E-state index is 11.9. The molecule has 2 aromatic rings. The minimum Gasteiger partial charge on any atom is -0.497 e. The van der Waals surface area contributed by atoms with Crippen LogP contribution in [0.15, 0.2) is 24.4 Å². The fourth-order valence-electron chi connectivity index (χ4n) is 1.80. The quantitative estimate of drug-likeness (QED) is 0.842. The van der Waals surface area contributed by atoms with E-state index in [1.54, 1.807) is 17.9 Å². The number of hydrogen-bond donors (Lipinski definition) is 1. The minimum atomic E-state index is -0.111. The second-order valence-corrected chi connectivity index (χ2v) is 4.11. The first kappa shape index (κ1) is 12.5. The Hall–Kier alpha value is -1.97. The molecule has 1 N–H and O–H groups in total. The van der Waals surface area contributed by atoms with Crippen LogP contribution in [0.1, 0.15) is 19.8 Å². The van der Waals surface area contributed by atoms with Gasteiger partial charge in [-0.05, 0) is 24.6 Å². The summed E-state index contributed by atoms with van der Waals surface area (Å²) in [6.07, 6.45) is 3.71. The molecule has 0 atom stereocenters. The van der Waals surface area contributed by atoms with E-state index in [0.717, 1.165) is 29.5 Å². The van der Waals surface area contributed by atoms with E-state index in [0.29, 0.717) is 6.54 Å². The van der Waals surface area contributed by atoms with E-state index in [9.17, 15) is 4.79 Å². The first-order valence-electron chi connectivity index (χ1n) is 6.11. The van der Waals surface area contributed by atoms with Gasteiger partial charge in [-0.3, -0.25) is 4.57 Å². The lowest BCUT2D eigenvalue weighted by molar-refractivity contribution is 0.243. The molecule has 0 bridgehead atoms. The van der Waals surface area contributed by atoms with Crippen molar-refractivity contribution in [3.05, 3.63) is 30.5 Å². The summed E-state index contributed by atoms with van der Waals surface area (Å²) in [5.74, 6) is 0.767. The molecule has 1 aromatic carbocycles. The summed E-state index contributed by atoms with van der Waals surface area (Å²) in [5, 5.41) is 3.75. The van der Waals surface area contributed by atoms with Crippen LogP contribution < -0.4 is 10.1 Å². The number of benzene rings is 1. The van der Waals surface area contributed by atoms with E-state index in [4.69, 9.17) is 4.74 Å². The van der Waals surface area contributed by atoms with Crippen molar-refractivity contribution in [2.75, 3.05) is 13.7 Å². The first-order chi connectivity index (χ1) is 8.76. The van der Waals surface area contributed by atoms with E-state index in [2.05, 4.69) is 18.3 Å². The Morgan fingerprint density at radius 1 is 1.50 bits per heavy atom. The maximum absolute atomic E-state index is 11.9. The molecule has 2 rings (SSSR count). The van der Waals surface area contributed by atoms with Gasteiger partial charge in [-0.25, -0.2) is 4.79 Å². The first-order valence-corrected chi connectivity index (χ1v) is 6.11. The zero-order chi connectivity index (χ0) is 13.0. The summed E-state index contributed by atoms with van der Waals surface area (Å²) in [6, 6.07) is 8.52. The van der Waals surface area contributed by atoms with Gasteiger partial charge in [0.2, 0.25) is 0 Å². The van der Waals surface area contributed by atoms with Crippen molar-refractivity contribution in [1.29, 1.82) is 0 Å². The molecule has 0 aliphatic heterocycles. The molecule has 0 fully saturated rings. The summed E-state index contributed by atoms with van der Waals surface area (Å²) >= 11 is 0. The second kappa shape index (κ2) is 5.58. The molecule has 95 valence electrons. The van der Waals surface area contributed by atoms with Gasteiger partial charge < -0.3 is 10.1 Å². The largest absolute Gasteiger partial charge is 0.497 e. The van der Waals surface area contributed by atoms with Crippen LogP contribution in [0.3, 0.4) is 0 Å². The number of amides is 1. The predicted octanol–water partition coefficient (Wildman–Crippen LogP) is 2.81. The molecule has 1 heterocycles. The summed E-state index contributed by atoms with van der Waals surface area (Å²) in [5.41, 5.74) is 0.838. The molecule has 0 saturated carbocycles. The Labute approximate surface area is 107 Å². The Morgan fingerprint density at radius 3 is 3.06 bits per heavy atom. The number of unbranched alkanes of at least 4 members (excludes halogenated alkanes) is 1. The van der Waals surface area contributed by atoms with Crippen LogP contribution in [0.4, 0.5) is 4.79 Å². The molecule has 1 radical (unpaired) electrons. The van der Waals surface area contributed by atoms with Gasteiger partial charge in [-0.15, -0.1) is 0 Å². The summed E-state index contributed by atoms with van der Waals surface area (Å²) < 4.78 is 6.72. The van der Waals surface area contributed by atoms with Crippen molar-refractivity contribution in [2.45, 2.75) is 19.8 Å². The molecule has 4 nitrogen and oxygen atoms in total. The summed E-state index contributed by atoms with van der Waals surface area (Å²) in [6.45, 7) is 2.79. The number of methoxy groups -OCH3 is 1. The summed E-state index contributed by atoms with van der Waals surface area (Å²) in [4.78, 5) is 11.9. The van der Waals surface area contributed by atoms with Gasteiger partial charge in [0.1, 0.15) is 5.75 Å². The third-order valence-corrected chi connectivity index (χ3v) is 2.84. The Balaban J connectivity index is 2.21. The molecule has 0 aliphatic carbocycles. The normalized spacial score (nSPS) is 10.6. The number of hydrogen-bond acceptors (Lipinski definition) is 2. The van der Waals surface area contributed by atoms with Crippen LogP contribution in [-0.4, -0.2) is 24.3 Å². The van der Waals surface area contributed by atoms with Crippen LogP contribution in [0.25, 0.3) is 10.9 Å². The van der Waals surface area contributed by atoms with Crippen LogP contribution in [-0.2, 0) is 0 Å². The van der Waals surface area contributed by atoms with Crippen molar-refractivity contribution in [3.63, 3.8) is 0 Å². The van der Waals surface area contributed by atoms with Crippen molar-refractivity contribution >= 4 is 16.9 Å². The van der Waals surface area contributed by atoms with Crippen molar-refractivity contribution < 1.29 is 9.53 Å². The molecule has 18 heavy (non-hydrogen) atoms. The maximum Gasteiger partial charge on any atom is 0.326 e. The number of carbonyl (C=O) groups is 1. The van der Waals surface area contributed by atoms with Gasteiger partial charge in [-0.1, -0.05) is 13.3 Å². The average Bonchev–Trinajstić information content (AvgIpc) is 2.81. The van der Waals surface area contributed by atoms with Gasteiger partial charge in [0.25, 0.3) is 0 Å².